The fourth-order valence-corrected chi connectivity index (χ4v) is 4.12. The normalized spacial score (nSPS) is 10.8. The molecule has 1 amide bonds. The molecular weight excluding hydrogens is 376 g/mol. The van der Waals surface area contributed by atoms with Gasteiger partial charge < -0.3 is 4.74 Å². The highest BCUT2D eigenvalue weighted by Crippen LogP contribution is 2.27. The molecule has 1 aromatic heterocycles. The van der Waals surface area contributed by atoms with Crippen LogP contribution in [0.2, 0.25) is 0 Å². The Morgan fingerprint density at radius 2 is 2.00 bits per heavy atom. The van der Waals surface area contributed by atoms with Crippen molar-refractivity contribution in [1.82, 2.24) is 4.98 Å². The first-order chi connectivity index (χ1) is 13.0. The standard InChI is InChI=1S/C21H22N2O2S2/c1-4-25-17-10-8-15(9-11-17)19-13-26-21(22-19)23-20(24)16-6-5-7-18(12-16)27-14(2)3/h5-14H,4H2,1-3H3,(H,22,23,24). The van der Waals surface area contributed by atoms with E-state index in [0.29, 0.717) is 22.6 Å². The van der Waals surface area contributed by atoms with Crippen molar-refractivity contribution in [2.45, 2.75) is 30.9 Å². The molecule has 0 saturated carbocycles. The van der Waals surface area contributed by atoms with Gasteiger partial charge in [0.05, 0.1) is 12.3 Å². The first kappa shape index (κ1) is 19.5. The second kappa shape index (κ2) is 9.06. The molecule has 0 spiro atoms. The van der Waals surface area contributed by atoms with E-state index in [1.807, 2.05) is 60.8 Å². The molecule has 27 heavy (non-hydrogen) atoms. The number of carbonyl (C=O) groups is 1. The molecule has 0 aliphatic carbocycles. The molecule has 6 heteroatoms. The predicted molar refractivity (Wildman–Crippen MR) is 114 cm³/mol. The lowest BCUT2D eigenvalue weighted by molar-refractivity contribution is 0.102. The van der Waals surface area contributed by atoms with Crippen LogP contribution in [0.5, 0.6) is 5.75 Å². The lowest BCUT2D eigenvalue weighted by Crippen LogP contribution is -2.11. The SMILES string of the molecule is CCOc1ccc(-c2csc(NC(=O)c3cccc(SC(C)C)c3)n2)cc1. The molecule has 0 radical (unpaired) electrons. The lowest BCUT2D eigenvalue weighted by Gasteiger charge is -2.07. The smallest absolute Gasteiger partial charge is 0.257 e. The number of nitrogens with zero attached hydrogens (tertiary/aromatic N) is 1. The van der Waals surface area contributed by atoms with Crippen LogP contribution in [0.1, 0.15) is 31.1 Å². The van der Waals surface area contributed by atoms with E-state index in [2.05, 4.69) is 24.1 Å². The highest BCUT2D eigenvalue weighted by atomic mass is 32.2. The van der Waals surface area contributed by atoms with E-state index in [4.69, 9.17) is 4.74 Å². The van der Waals surface area contributed by atoms with Gasteiger partial charge in [0.1, 0.15) is 5.75 Å². The minimum absolute atomic E-state index is 0.145. The Bertz CT molecular complexity index is 905. The average Bonchev–Trinajstić information content (AvgIpc) is 3.11. The molecule has 1 heterocycles. The summed E-state index contributed by atoms with van der Waals surface area (Å²) in [7, 11) is 0. The molecule has 0 aliphatic heterocycles. The summed E-state index contributed by atoms with van der Waals surface area (Å²) < 4.78 is 5.46. The third kappa shape index (κ3) is 5.34. The van der Waals surface area contributed by atoms with E-state index in [-0.39, 0.29) is 5.91 Å². The highest BCUT2D eigenvalue weighted by molar-refractivity contribution is 7.99. The molecule has 3 aromatic rings. The van der Waals surface area contributed by atoms with Gasteiger partial charge in [0.15, 0.2) is 5.13 Å². The number of nitrogens with one attached hydrogen (secondary N) is 1. The number of amides is 1. The van der Waals surface area contributed by atoms with Crippen LogP contribution in [0.25, 0.3) is 11.3 Å². The van der Waals surface area contributed by atoms with Gasteiger partial charge >= 0.3 is 0 Å². The van der Waals surface area contributed by atoms with Gasteiger partial charge in [-0.15, -0.1) is 23.1 Å². The van der Waals surface area contributed by atoms with Crippen molar-refractivity contribution >= 4 is 34.1 Å². The Hall–Kier alpha value is -2.31. The average molecular weight is 399 g/mol. The van der Waals surface area contributed by atoms with E-state index in [1.165, 1.54) is 11.3 Å². The van der Waals surface area contributed by atoms with Crippen LogP contribution in [0.3, 0.4) is 0 Å². The number of hydrogen-bond acceptors (Lipinski definition) is 5. The molecule has 0 bridgehead atoms. The topological polar surface area (TPSA) is 51.2 Å². The number of anilines is 1. The summed E-state index contributed by atoms with van der Waals surface area (Å²) in [5.41, 5.74) is 2.46. The van der Waals surface area contributed by atoms with Gasteiger partial charge in [-0.2, -0.15) is 0 Å². The number of hydrogen-bond donors (Lipinski definition) is 1. The number of thiazole rings is 1. The second-order valence-electron chi connectivity index (χ2n) is 6.14. The van der Waals surface area contributed by atoms with Crippen LogP contribution in [-0.4, -0.2) is 22.7 Å². The first-order valence-corrected chi connectivity index (χ1v) is 10.6. The fraction of sp³-hybridized carbons (Fsp3) is 0.238. The summed E-state index contributed by atoms with van der Waals surface area (Å²) in [5.74, 6) is 0.693. The molecule has 0 atom stereocenters. The Kier molecular flexibility index (Phi) is 6.53. The fourth-order valence-electron chi connectivity index (χ4n) is 2.50. The van der Waals surface area contributed by atoms with Crippen LogP contribution >= 0.6 is 23.1 Å². The maximum absolute atomic E-state index is 12.5. The number of carbonyl (C=O) groups excluding carboxylic acids is 1. The van der Waals surface area contributed by atoms with Crippen molar-refractivity contribution in [3.8, 4) is 17.0 Å². The Labute approximate surface area is 168 Å². The Balaban J connectivity index is 1.69. The maximum Gasteiger partial charge on any atom is 0.257 e. The Morgan fingerprint density at radius 3 is 2.70 bits per heavy atom. The van der Waals surface area contributed by atoms with Crippen LogP contribution in [-0.2, 0) is 0 Å². The van der Waals surface area contributed by atoms with Gasteiger partial charge in [0, 0.05) is 26.7 Å². The van der Waals surface area contributed by atoms with Crippen molar-refractivity contribution < 1.29 is 9.53 Å². The largest absolute Gasteiger partial charge is 0.494 e. The van der Waals surface area contributed by atoms with E-state index in [9.17, 15) is 4.79 Å². The van der Waals surface area contributed by atoms with E-state index >= 15 is 0 Å². The zero-order chi connectivity index (χ0) is 19.2. The predicted octanol–water partition coefficient (Wildman–Crippen LogP) is 5.96. The van der Waals surface area contributed by atoms with Gasteiger partial charge in [0.2, 0.25) is 0 Å². The van der Waals surface area contributed by atoms with Crippen molar-refractivity contribution in [2.75, 3.05) is 11.9 Å². The van der Waals surface area contributed by atoms with E-state index in [1.54, 1.807) is 11.8 Å². The van der Waals surface area contributed by atoms with Crippen LogP contribution in [0.15, 0.2) is 58.8 Å². The highest BCUT2D eigenvalue weighted by Gasteiger charge is 2.11. The van der Waals surface area contributed by atoms with Gasteiger partial charge in [-0.1, -0.05) is 19.9 Å². The van der Waals surface area contributed by atoms with E-state index < -0.39 is 0 Å². The summed E-state index contributed by atoms with van der Waals surface area (Å²) >= 11 is 3.16. The minimum Gasteiger partial charge on any atom is -0.494 e. The van der Waals surface area contributed by atoms with Gasteiger partial charge in [0.25, 0.3) is 5.91 Å². The zero-order valence-electron chi connectivity index (χ0n) is 15.6. The van der Waals surface area contributed by atoms with Crippen molar-refractivity contribution in [2.24, 2.45) is 0 Å². The first-order valence-electron chi connectivity index (χ1n) is 8.82. The van der Waals surface area contributed by atoms with Gasteiger partial charge in [-0.05, 0) is 49.4 Å². The lowest BCUT2D eigenvalue weighted by atomic mass is 10.2. The second-order valence-corrected chi connectivity index (χ2v) is 8.65. The number of ether oxygens (including phenoxy) is 1. The monoisotopic (exact) mass is 398 g/mol. The summed E-state index contributed by atoms with van der Waals surface area (Å²) in [6.07, 6.45) is 0. The van der Waals surface area contributed by atoms with Gasteiger partial charge in [-0.3, -0.25) is 10.1 Å². The van der Waals surface area contributed by atoms with Crippen LogP contribution in [0.4, 0.5) is 5.13 Å². The number of thioether (sulfide) groups is 1. The molecular formula is C21H22N2O2S2. The third-order valence-electron chi connectivity index (χ3n) is 3.65. The van der Waals surface area contributed by atoms with Gasteiger partial charge in [-0.25, -0.2) is 4.98 Å². The molecule has 0 aliphatic rings. The minimum atomic E-state index is -0.145. The molecule has 0 fully saturated rings. The Morgan fingerprint density at radius 1 is 1.22 bits per heavy atom. The maximum atomic E-state index is 12.5. The van der Waals surface area contributed by atoms with Crippen LogP contribution in [0, 0.1) is 0 Å². The number of rotatable bonds is 7. The van der Waals surface area contributed by atoms with Crippen molar-refractivity contribution in [3.05, 3.63) is 59.5 Å². The van der Waals surface area contributed by atoms with Crippen molar-refractivity contribution in [1.29, 1.82) is 0 Å². The third-order valence-corrected chi connectivity index (χ3v) is 5.41. The molecule has 0 saturated heterocycles. The quantitative estimate of drug-likeness (QED) is 0.499. The number of benzene rings is 2. The summed E-state index contributed by atoms with van der Waals surface area (Å²) in [6, 6.07) is 15.5. The molecule has 0 unspecified atom stereocenters. The molecule has 1 N–H and O–H groups in total. The summed E-state index contributed by atoms with van der Waals surface area (Å²) in [6.45, 7) is 6.87. The molecule has 4 nitrogen and oxygen atoms in total. The zero-order valence-corrected chi connectivity index (χ0v) is 17.2. The number of aromatic nitrogens is 1. The molecule has 3 rings (SSSR count). The molecule has 140 valence electrons. The van der Waals surface area contributed by atoms with Crippen molar-refractivity contribution in [3.63, 3.8) is 0 Å². The summed E-state index contributed by atoms with van der Waals surface area (Å²) in [4.78, 5) is 18.2. The van der Waals surface area contributed by atoms with Crippen LogP contribution < -0.4 is 10.1 Å². The van der Waals surface area contributed by atoms with E-state index in [0.717, 1.165) is 21.9 Å². The summed E-state index contributed by atoms with van der Waals surface area (Å²) in [5, 5.41) is 5.90. The molecule has 2 aromatic carbocycles.